The van der Waals surface area contributed by atoms with E-state index in [-0.39, 0.29) is 35.2 Å². The van der Waals surface area contributed by atoms with Crippen molar-refractivity contribution < 1.29 is 35.8 Å². The summed E-state index contributed by atoms with van der Waals surface area (Å²) in [5.74, 6) is 0.852. The summed E-state index contributed by atoms with van der Waals surface area (Å²) in [5, 5.41) is 22.2. The van der Waals surface area contributed by atoms with Gasteiger partial charge in [0.2, 0.25) is 0 Å². The van der Waals surface area contributed by atoms with Crippen LogP contribution in [0.3, 0.4) is 0 Å². The number of nitrogens with one attached hydrogen (secondary N) is 1. The maximum absolute atomic E-state index is 13.5. The number of aryl methyl sites for hydroxylation is 1. The third-order valence-corrected chi connectivity index (χ3v) is 7.04. The standard InChI is InChI=1S/C24H35N3O5S.ClH/c1-18(2)14-25(15-19(3)4)16-23(28)17-26(21-7-6-8-22(13-21)27(29)30)33(31,32)24-11-9-20(5)10-12-24;/h6-13,18-19,23,28H,14-17H2,1-5H3;1H. The molecule has 2 rings (SSSR count). The number of benzene rings is 2. The van der Waals surface area contributed by atoms with Crippen molar-refractivity contribution >= 4 is 21.4 Å². The predicted octanol–water partition coefficient (Wildman–Crippen LogP) is -0.340. The van der Waals surface area contributed by atoms with Crippen molar-refractivity contribution in [1.29, 1.82) is 0 Å². The van der Waals surface area contributed by atoms with Crippen LogP contribution in [0.1, 0.15) is 33.3 Å². The number of nitrogens with zero attached hydrogens (tertiary/aromatic N) is 2. The second-order valence-electron chi connectivity index (χ2n) is 9.43. The lowest BCUT2D eigenvalue weighted by Gasteiger charge is -2.30. The van der Waals surface area contributed by atoms with E-state index in [1.807, 2.05) is 6.92 Å². The molecule has 8 nitrogen and oxygen atoms in total. The average Bonchev–Trinajstić information content (AvgIpc) is 2.71. The second-order valence-corrected chi connectivity index (χ2v) is 11.3. The number of nitro benzene ring substituents is 1. The number of aliphatic hydroxyl groups is 1. The van der Waals surface area contributed by atoms with Crippen LogP contribution in [0.2, 0.25) is 0 Å². The van der Waals surface area contributed by atoms with Crippen molar-refractivity contribution in [3.05, 3.63) is 64.2 Å². The molecule has 0 aliphatic heterocycles. The fraction of sp³-hybridized carbons (Fsp3) is 0.500. The molecule has 0 amide bonds. The smallest absolute Gasteiger partial charge is 0.271 e. The van der Waals surface area contributed by atoms with E-state index in [0.29, 0.717) is 18.4 Å². The number of aliphatic hydroxyl groups excluding tert-OH is 1. The van der Waals surface area contributed by atoms with E-state index >= 15 is 0 Å². The minimum atomic E-state index is -4.05. The van der Waals surface area contributed by atoms with Gasteiger partial charge in [0, 0.05) is 24.0 Å². The van der Waals surface area contributed by atoms with Crippen LogP contribution in [0, 0.1) is 28.9 Å². The van der Waals surface area contributed by atoms with Crippen LogP contribution in [-0.4, -0.2) is 50.7 Å². The van der Waals surface area contributed by atoms with Gasteiger partial charge in [0.15, 0.2) is 0 Å². The lowest BCUT2D eigenvalue weighted by atomic mass is 10.1. The molecule has 10 heteroatoms. The van der Waals surface area contributed by atoms with Gasteiger partial charge in [0.25, 0.3) is 15.7 Å². The van der Waals surface area contributed by atoms with Crippen LogP contribution in [0.4, 0.5) is 11.4 Å². The molecule has 1 unspecified atom stereocenters. The Hall–Kier alpha value is -2.20. The Labute approximate surface area is 209 Å². The summed E-state index contributed by atoms with van der Waals surface area (Å²) in [6.07, 6.45) is -0.947. The highest BCUT2D eigenvalue weighted by Crippen LogP contribution is 2.27. The van der Waals surface area contributed by atoms with Crippen LogP contribution in [0.5, 0.6) is 0 Å². The van der Waals surface area contributed by atoms with Gasteiger partial charge in [0.1, 0.15) is 12.6 Å². The van der Waals surface area contributed by atoms with Gasteiger partial charge in [0.05, 0.1) is 35.1 Å². The number of anilines is 1. The van der Waals surface area contributed by atoms with Gasteiger partial charge in [-0.3, -0.25) is 14.4 Å². The highest BCUT2D eigenvalue weighted by atomic mass is 35.5. The molecule has 34 heavy (non-hydrogen) atoms. The van der Waals surface area contributed by atoms with Gasteiger partial charge in [-0.2, -0.15) is 0 Å². The molecule has 0 bridgehead atoms. The van der Waals surface area contributed by atoms with Crippen molar-refractivity contribution in [2.24, 2.45) is 11.8 Å². The lowest BCUT2D eigenvalue weighted by Crippen LogP contribution is -3.14. The third kappa shape index (κ3) is 8.54. The number of hydrogen-bond donors (Lipinski definition) is 2. The number of quaternary nitrogens is 1. The SMILES string of the molecule is Cc1ccc(S(=O)(=O)N(CC(O)C[NH+](CC(C)C)CC(C)C)c2cccc([N+](=O)[O-])c2)cc1.[Cl-]. The van der Waals surface area contributed by atoms with E-state index in [9.17, 15) is 23.6 Å². The Kier molecular flexibility index (Phi) is 11.4. The first-order valence-corrected chi connectivity index (χ1v) is 12.7. The first-order chi connectivity index (χ1) is 15.4. The van der Waals surface area contributed by atoms with Crippen molar-refractivity contribution in [1.82, 2.24) is 0 Å². The Balaban J connectivity index is 0.00000578. The van der Waals surface area contributed by atoms with Crippen molar-refractivity contribution in [3.8, 4) is 0 Å². The first kappa shape index (κ1) is 29.8. The molecule has 2 aromatic rings. The minimum Gasteiger partial charge on any atom is -1.00 e. The molecule has 0 saturated heterocycles. The number of rotatable bonds is 12. The average molecular weight is 514 g/mol. The molecule has 0 fully saturated rings. The summed E-state index contributed by atoms with van der Waals surface area (Å²) in [6, 6.07) is 11.9. The quantitative estimate of drug-likeness (QED) is 0.298. The zero-order valence-corrected chi connectivity index (χ0v) is 22.0. The highest BCUT2D eigenvalue weighted by Gasteiger charge is 2.30. The topological polar surface area (TPSA) is 105 Å². The minimum absolute atomic E-state index is 0. The van der Waals surface area contributed by atoms with Gasteiger partial charge in [-0.15, -0.1) is 0 Å². The molecule has 0 aliphatic carbocycles. The van der Waals surface area contributed by atoms with E-state index < -0.39 is 21.1 Å². The Morgan fingerprint density at radius 3 is 2.06 bits per heavy atom. The molecule has 190 valence electrons. The number of nitro groups is 1. The molecule has 0 saturated carbocycles. The normalized spacial score (nSPS) is 12.6. The zero-order chi connectivity index (χ0) is 24.8. The van der Waals surface area contributed by atoms with E-state index in [1.165, 1.54) is 41.3 Å². The van der Waals surface area contributed by atoms with E-state index in [1.54, 1.807) is 12.1 Å². The Morgan fingerprint density at radius 1 is 1.00 bits per heavy atom. The van der Waals surface area contributed by atoms with Gasteiger partial charge in [-0.25, -0.2) is 8.42 Å². The van der Waals surface area contributed by atoms with Crippen LogP contribution >= 0.6 is 0 Å². The second kappa shape index (κ2) is 13.0. The number of hydrogen-bond acceptors (Lipinski definition) is 5. The maximum atomic E-state index is 13.5. The predicted molar refractivity (Wildman–Crippen MR) is 130 cm³/mol. The summed E-state index contributed by atoms with van der Waals surface area (Å²) in [4.78, 5) is 12.0. The van der Waals surface area contributed by atoms with E-state index in [2.05, 4.69) is 27.7 Å². The Morgan fingerprint density at radius 2 is 1.56 bits per heavy atom. The molecule has 0 aliphatic rings. The lowest BCUT2D eigenvalue weighted by molar-refractivity contribution is -0.909. The maximum Gasteiger partial charge on any atom is 0.271 e. The van der Waals surface area contributed by atoms with Crippen molar-refractivity contribution in [2.45, 2.75) is 45.6 Å². The number of sulfonamides is 1. The summed E-state index contributed by atoms with van der Waals surface area (Å²) >= 11 is 0. The molecule has 1 atom stereocenters. The summed E-state index contributed by atoms with van der Waals surface area (Å²) in [5.41, 5.74) is 0.855. The molecule has 2 N–H and O–H groups in total. The molecule has 2 aromatic carbocycles. The summed E-state index contributed by atoms with van der Waals surface area (Å²) in [6.45, 7) is 12.2. The van der Waals surface area contributed by atoms with Gasteiger partial charge < -0.3 is 22.4 Å². The van der Waals surface area contributed by atoms with E-state index in [0.717, 1.165) is 23.0 Å². The monoisotopic (exact) mass is 513 g/mol. The zero-order valence-electron chi connectivity index (χ0n) is 20.4. The third-order valence-electron chi connectivity index (χ3n) is 5.23. The number of halogens is 1. The molecule has 0 radical (unpaired) electrons. The fourth-order valence-corrected chi connectivity index (χ4v) is 5.43. The van der Waals surface area contributed by atoms with Crippen molar-refractivity contribution in [3.63, 3.8) is 0 Å². The fourth-order valence-electron chi connectivity index (χ4n) is 3.94. The van der Waals surface area contributed by atoms with Crippen LogP contribution < -0.4 is 21.6 Å². The van der Waals surface area contributed by atoms with Crippen LogP contribution in [0.25, 0.3) is 0 Å². The van der Waals surface area contributed by atoms with Gasteiger partial charge >= 0.3 is 0 Å². The van der Waals surface area contributed by atoms with Crippen LogP contribution in [-0.2, 0) is 10.0 Å². The molecular weight excluding hydrogens is 478 g/mol. The summed E-state index contributed by atoms with van der Waals surface area (Å²) in [7, 11) is -4.05. The Bertz CT molecular complexity index is 1020. The van der Waals surface area contributed by atoms with Gasteiger partial charge in [-0.05, 0) is 25.1 Å². The highest BCUT2D eigenvalue weighted by molar-refractivity contribution is 7.92. The number of non-ortho nitro benzene ring substituents is 1. The molecule has 0 spiro atoms. The van der Waals surface area contributed by atoms with Gasteiger partial charge in [-0.1, -0.05) is 51.5 Å². The molecular formula is C24H36ClN3O5S. The first-order valence-electron chi connectivity index (χ1n) is 11.3. The summed E-state index contributed by atoms with van der Waals surface area (Å²) < 4.78 is 28.2. The van der Waals surface area contributed by atoms with Crippen LogP contribution in [0.15, 0.2) is 53.4 Å². The molecule has 0 aromatic heterocycles. The molecule has 0 heterocycles. The largest absolute Gasteiger partial charge is 1.00 e. The van der Waals surface area contributed by atoms with E-state index in [4.69, 9.17) is 0 Å². The van der Waals surface area contributed by atoms with Crippen molar-refractivity contribution in [2.75, 3.05) is 30.5 Å².